The number of unbranched alkanes of at least 4 members (excludes halogenated alkanes) is 3. The van der Waals surface area contributed by atoms with E-state index in [4.69, 9.17) is 0 Å². The molecule has 1 aromatic rings. The molecule has 0 unspecified atom stereocenters. The van der Waals surface area contributed by atoms with E-state index in [0.717, 1.165) is 50.8 Å². The van der Waals surface area contributed by atoms with Crippen LogP contribution in [0.4, 0.5) is 5.69 Å². The highest BCUT2D eigenvalue weighted by Gasteiger charge is 2.16. The lowest BCUT2D eigenvalue weighted by atomic mass is 10.0. The van der Waals surface area contributed by atoms with E-state index < -0.39 is 10.0 Å². The molecule has 0 aliphatic carbocycles. The summed E-state index contributed by atoms with van der Waals surface area (Å²) in [5, 5.41) is 3.27. The molecule has 1 heterocycles. The predicted octanol–water partition coefficient (Wildman–Crippen LogP) is 2.90. The molecule has 0 atom stereocenters. The minimum Gasteiger partial charge on any atom is -0.385 e. The molecule has 0 amide bonds. The Labute approximate surface area is 122 Å². The molecule has 1 aliphatic rings. The Morgan fingerprint density at radius 3 is 2.90 bits per heavy atom. The van der Waals surface area contributed by atoms with Crippen LogP contribution in [-0.4, -0.2) is 21.5 Å². The van der Waals surface area contributed by atoms with Gasteiger partial charge in [-0.15, -0.1) is 0 Å². The van der Waals surface area contributed by atoms with Gasteiger partial charge in [0.2, 0.25) is 10.0 Å². The number of fused-ring (bicyclic) bond motifs is 1. The third-order valence-corrected chi connectivity index (χ3v) is 5.11. The van der Waals surface area contributed by atoms with E-state index in [1.807, 2.05) is 6.07 Å². The highest BCUT2D eigenvalue weighted by molar-refractivity contribution is 7.89. The summed E-state index contributed by atoms with van der Waals surface area (Å²) in [5.74, 6) is 0. The zero-order valence-electron chi connectivity index (χ0n) is 12.1. The molecule has 0 saturated carbocycles. The number of rotatable bonds is 7. The molecule has 4 nitrogen and oxygen atoms in total. The highest BCUT2D eigenvalue weighted by atomic mass is 32.2. The second-order valence-corrected chi connectivity index (χ2v) is 7.07. The molecule has 0 fully saturated rings. The molecular formula is C15H24N2O2S. The maximum atomic E-state index is 12.2. The molecule has 112 valence electrons. The first-order chi connectivity index (χ1) is 9.63. The average Bonchev–Trinajstić information content (AvgIpc) is 2.46. The molecule has 0 bridgehead atoms. The fourth-order valence-electron chi connectivity index (χ4n) is 2.45. The summed E-state index contributed by atoms with van der Waals surface area (Å²) < 4.78 is 27.1. The second-order valence-electron chi connectivity index (χ2n) is 5.31. The Hall–Kier alpha value is -1.07. The Kier molecular flexibility index (Phi) is 5.43. The molecule has 5 heteroatoms. The normalized spacial score (nSPS) is 14.7. The molecule has 20 heavy (non-hydrogen) atoms. The number of hydrogen-bond donors (Lipinski definition) is 2. The third-order valence-electron chi connectivity index (χ3n) is 3.65. The van der Waals surface area contributed by atoms with Gasteiger partial charge in [-0.3, -0.25) is 0 Å². The molecule has 2 N–H and O–H groups in total. The Balaban J connectivity index is 1.98. The molecule has 0 radical (unpaired) electrons. The van der Waals surface area contributed by atoms with Crippen LogP contribution in [0.15, 0.2) is 23.1 Å². The maximum Gasteiger partial charge on any atom is 0.240 e. The van der Waals surface area contributed by atoms with Crippen LogP contribution in [0, 0.1) is 0 Å². The van der Waals surface area contributed by atoms with Gasteiger partial charge in [0, 0.05) is 18.8 Å². The molecule has 0 aromatic heterocycles. The quantitative estimate of drug-likeness (QED) is 0.761. The van der Waals surface area contributed by atoms with Crippen LogP contribution in [-0.2, 0) is 16.4 Å². The van der Waals surface area contributed by atoms with Gasteiger partial charge in [-0.05, 0) is 37.0 Å². The number of nitrogens with one attached hydrogen (secondary N) is 2. The van der Waals surface area contributed by atoms with Crippen LogP contribution in [0.3, 0.4) is 0 Å². The van der Waals surface area contributed by atoms with Crippen molar-refractivity contribution in [2.45, 2.75) is 50.3 Å². The fraction of sp³-hybridized carbons (Fsp3) is 0.600. The molecule has 0 saturated heterocycles. The first-order valence-corrected chi connectivity index (χ1v) is 8.98. The fourth-order valence-corrected chi connectivity index (χ4v) is 3.55. The van der Waals surface area contributed by atoms with Gasteiger partial charge in [-0.2, -0.15) is 0 Å². The van der Waals surface area contributed by atoms with Crippen molar-refractivity contribution in [1.82, 2.24) is 4.72 Å². The van der Waals surface area contributed by atoms with Crippen molar-refractivity contribution >= 4 is 15.7 Å². The zero-order valence-corrected chi connectivity index (χ0v) is 12.9. The summed E-state index contributed by atoms with van der Waals surface area (Å²) in [6.07, 6.45) is 6.41. The van der Waals surface area contributed by atoms with Crippen LogP contribution in [0.5, 0.6) is 0 Å². The lowest BCUT2D eigenvalue weighted by Gasteiger charge is -2.18. The van der Waals surface area contributed by atoms with Crippen molar-refractivity contribution < 1.29 is 8.42 Å². The average molecular weight is 296 g/mol. The van der Waals surface area contributed by atoms with Gasteiger partial charge in [0.15, 0.2) is 0 Å². The van der Waals surface area contributed by atoms with Crippen LogP contribution in [0.1, 0.15) is 44.6 Å². The Morgan fingerprint density at radius 1 is 1.25 bits per heavy atom. The first-order valence-electron chi connectivity index (χ1n) is 7.50. The number of sulfonamides is 1. The van der Waals surface area contributed by atoms with E-state index in [2.05, 4.69) is 17.0 Å². The zero-order chi connectivity index (χ0) is 14.4. The van der Waals surface area contributed by atoms with Gasteiger partial charge < -0.3 is 5.32 Å². The van der Waals surface area contributed by atoms with E-state index in [9.17, 15) is 8.42 Å². The van der Waals surface area contributed by atoms with E-state index in [0.29, 0.717) is 11.4 Å². The summed E-state index contributed by atoms with van der Waals surface area (Å²) in [4.78, 5) is 0.362. The standard InChI is InChI=1S/C15H24N2O2S/c1-2-3-4-5-11-17-20(18,19)14-9-8-13-7-6-10-16-15(13)12-14/h8-9,12,16-17H,2-7,10-11H2,1H3. The van der Waals surface area contributed by atoms with Crippen molar-refractivity contribution in [3.8, 4) is 0 Å². The van der Waals surface area contributed by atoms with Crippen molar-refractivity contribution in [2.75, 3.05) is 18.4 Å². The van der Waals surface area contributed by atoms with Crippen molar-refractivity contribution in [1.29, 1.82) is 0 Å². The SMILES string of the molecule is CCCCCCNS(=O)(=O)c1ccc2c(c1)NCCC2. The first kappa shape index (κ1) is 15.3. The minimum absolute atomic E-state index is 0.362. The summed E-state index contributed by atoms with van der Waals surface area (Å²) in [7, 11) is -3.37. The summed E-state index contributed by atoms with van der Waals surface area (Å²) in [6, 6.07) is 5.39. The number of hydrogen-bond acceptors (Lipinski definition) is 3. The van der Waals surface area contributed by atoms with Gasteiger partial charge in [-0.25, -0.2) is 13.1 Å². The predicted molar refractivity (Wildman–Crippen MR) is 82.6 cm³/mol. The third kappa shape index (κ3) is 3.96. The van der Waals surface area contributed by atoms with Crippen LogP contribution in [0.2, 0.25) is 0 Å². The van der Waals surface area contributed by atoms with Gasteiger partial charge in [0.1, 0.15) is 0 Å². The van der Waals surface area contributed by atoms with E-state index in [-0.39, 0.29) is 0 Å². The van der Waals surface area contributed by atoms with Gasteiger partial charge >= 0.3 is 0 Å². The van der Waals surface area contributed by atoms with E-state index in [1.54, 1.807) is 12.1 Å². The van der Waals surface area contributed by atoms with Crippen molar-refractivity contribution in [3.05, 3.63) is 23.8 Å². The number of anilines is 1. The van der Waals surface area contributed by atoms with E-state index >= 15 is 0 Å². The van der Waals surface area contributed by atoms with Crippen molar-refractivity contribution in [2.24, 2.45) is 0 Å². The van der Waals surface area contributed by atoms with Crippen LogP contribution in [0.25, 0.3) is 0 Å². The minimum atomic E-state index is -3.37. The molecule has 2 rings (SSSR count). The molecule has 0 spiro atoms. The molecular weight excluding hydrogens is 272 g/mol. The molecule has 1 aromatic carbocycles. The Morgan fingerprint density at radius 2 is 2.10 bits per heavy atom. The monoisotopic (exact) mass is 296 g/mol. The summed E-state index contributed by atoms with van der Waals surface area (Å²) in [5.41, 5.74) is 2.17. The Bertz CT molecular complexity index is 541. The topological polar surface area (TPSA) is 58.2 Å². The van der Waals surface area contributed by atoms with Gasteiger partial charge in [0.25, 0.3) is 0 Å². The summed E-state index contributed by atoms with van der Waals surface area (Å²) in [6.45, 7) is 3.58. The lowest BCUT2D eigenvalue weighted by molar-refractivity contribution is 0.573. The van der Waals surface area contributed by atoms with Crippen LogP contribution < -0.4 is 10.0 Å². The number of aryl methyl sites for hydroxylation is 1. The summed E-state index contributed by atoms with van der Waals surface area (Å²) >= 11 is 0. The van der Waals surface area contributed by atoms with E-state index in [1.165, 1.54) is 5.56 Å². The van der Waals surface area contributed by atoms with Crippen molar-refractivity contribution in [3.63, 3.8) is 0 Å². The molecule has 1 aliphatic heterocycles. The second kappa shape index (κ2) is 7.09. The lowest BCUT2D eigenvalue weighted by Crippen LogP contribution is -2.25. The van der Waals surface area contributed by atoms with Crippen LogP contribution >= 0.6 is 0 Å². The maximum absolute atomic E-state index is 12.2. The smallest absolute Gasteiger partial charge is 0.240 e. The number of benzene rings is 1. The van der Waals surface area contributed by atoms with Gasteiger partial charge in [0.05, 0.1) is 4.90 Å². The highest BCUT2D eigenvalue weighted by Crippen LogP contribution is 2.25. The largest absolute Gasteiger partial charge is 0.385 e. The van der Waals surface area contributed by atoms with Gasteiger partial charge in [-0.1, -0.05) is 32.3 Å².